The Hall–Kier alpha value is -1.65. The fraction of sp³-hybridized carbons (Fsp3) is 0.500. The molecule has 2 aliphatic heterocycles. The van der Waals surface area contributed by atoms with Crippen molar-refractivity contribution >= 4 is 16.6 Å². The quantitative estimate of drug-likeness (QED) is 0.947. The lowest BCUT2D eigenvalue weighted by atomic mass is 9.86. The van der Waals surface area contributed by atoms with E-state index in [4.69, 9.17) is 4.74 Å². The van der Waals surface area contributed by atoms with Crippen LogP contribution in [0, 0.1) is 11.3 Å². The largest absolute Gasteiger partial charge is 0.380 e. The standard InChI is InChI=1S/C18H23N3O/c1-13-6-14(9-21(8-13)10-18(2)11-22-12-18)16-7-20-17-15(16)4-3-5-19-17/h3-7,13H,8-12H2,1-2H3,(H,19,20)/t13-/m1/s1. The van der Waals surface area contributed by atoms with Crippen LogP contribution in [0.5, 0.6) is 0 Å². The Morgan fingerprint density at radius 1 is 1.45 bits per heavy atom. The number of nitrogens with one attached hydrogen (secondary N) is 1. The maximum absolute atomic E-state index is 5.41. The van der Waals surface area contributed by atoms with Gasteiger partial charge >= 0.3 is 0 Å². The van der Waals surface area contributed by atoms with E-state index in [2.05, 4.69) is 47.1 Å². The number of aromatic amines is 1. The minimum atomic E-state index is 0.337. The molecular formula is C18H23N3O. The molecule has 0 spiro atoms. The molecule has 0 aromatic carbocycles. The molecule has 4 rings (SSSR count). The van der Waals surface area contributed by atoms with Crippen LogP contribution in [-0.2, 0) is 4.74 Å². The van der Waals surface area contributed by atoms with E-state index < -0.39 is 0 Å². The predicted octanol–water partition coefficient (Wildman–Crippen LogP) is 2.93. The second kappa shape index (κ2) is 5.21. The van der Waals surface area contributed by atoms with Crippen molar-refractivity contribution < 1.29 is 4.74 Å². The van der Waals surface area contributed by atoms with Gasteiger partial charge in [-0.3, -0.25) is 4.90 Å². The number of hydrogen-bond donors (Lipinski definition) is 1. The number of hydrogen-bond acceptors (Lipinski definition) is 3. The first kappa shape index (κ1) is 14.0. The highest BCUT2D eigenvalue weighted by Gasteiger charge is 2.36. The van der Waals surface area contributed by atoms with Crippen molar-refractivity contribution in [3.63, 3.8) is 0 Å². The second-order valence-electron chi connectivity index (χ2n) is 7.24. The average Bonchev–Trinajstić information content (AvgIpc) is 2.89. The summed E-state index contributed by atoms with van der Waals surface area (Å²) in [7, 11) is 0. The Bertz CT molecular complexity index is 714. The van der Waals surface area contributed by atoms with Gasteiger partial charge in [0.1, 0.15) is 5.65 Å². The average molecular weight is 297 g/mol. The summed E-state index contributed by atoms with van der Waals surface area (Å²) >= 11 is 0. The summed E-state index contributed by atoms with van der Waals surface area (Å²) in [5, 5.41) is 1.22. The summed E-state index contributed by atoms with van der Waals surface area (Å²) in [6.45, 7) is 9.70. The molecule has 0 unspecified atom stereocenters. The second-order valence-corrected chi connectivity index (χ2v) is 7.24. The van der Waals surface area contributed by atoms with Crippen LogP contribution in [0.1, 0.15) is 19.4 Å². The zero-order valence-electron chi connectivity index (χ0n) is 13.3. The van der Waals surface area contributed by atoms with Crippen molar-refractivity contribution in [2.75, 3.05) is 32.8 Å². The highest BCUT2D eigenvalue weighted by Crippen LogP contribution is 2.32. The number of H-pyrrole nitrogens is 1. The minimum absolute atomic E-state index is 0.337. The molecule has 2 aromatic rings. The van der Waals surface area contributed by atoms with Gasteiger partial charge in [-0.25, -0.2) is 4.98 Å². The molecule has 0 radical (unpaired) electrons. The number of aromatic nitrogens is 2. The monoisotopic (exact) mass is 297 g/mol. The molecule has 22 heavy (non-hydrogen) atoms. The highest BCUT2D eigenvalue weighted by molar-refractivity contribution is 5.91. The van der Waals surface area contributed by atoms with Crippen LogP contribution in [0.3, 0.4) is 0 Å². The Balaban J connectivity index is 1.60. The van der Waals surface area contributed by atoms with E-state index in [0.29, 0.717) is 11.3 Å². The van der Waals surface area contributed by atoms with Gasteiger partial charge in [0.25, 0.3) is 0 Å². The third-order valence-electron chi connectivity index (χ3n) is 4.73. The van der Waals surface area contributed by atoms with Crippen LogP contribution >= 0.6 is 0 Å². The van der Waals surface area contributed by atoms with Crippen LogP contribution in [0.2, 0.25) is 0 Å². The first-order valence-corrected chi connectivity index (χ1v) is 8.06. The lowest BCUT2D eigenvalue weighted by Gasteiger charge is -2.43. The maximum atomic E-state index is 5.41. The lowest BCUT2D eigenvalue weighted by Crippen LogP contribution is -2.50. The van der Waals surface area contributed by atoms with Crippen molar-refractivity contribution in [3.8, 4) is 0 Å². The third kappa shape index (κ3) is 2.46. The Kier molecular flexibility index (Phi) is 3.31. The molecule has 1 atom stereocenters. The number of rotatable bonds is 3. The molecule has 1 fully saturated rings. The maximum Gasteiger partial charge on any atom is 0.137 e. The van der Waals surface area contributed by atoms with Crippen molar-refractivity contribution in [2.45, 2.75) is 13.8 Å². The minimum Gasteiger partial charge on any atom is -0.380 e. The molecular weight excluding hydrogens is 274 g/mol. The Morgan fingerprint density at radius 2 is 2.32 bits per heavy atom. The van der Waals surface area contributed by atoms with Crippen LogP contribution in [0.4, 0.5) is 0 Å². The van der Waals surface area contributed by atoms with Gasteiger partial charge in [0.2, 0.25) is 0 Å². The fourth-order valence-electron chi connectivity index (χ4n) is 3.76. The van der Waals surface area contributed by atoms with E-state index in [1.807, 2.05) is 12.3 Å². The summed E-state index contributed by atoms with van der Waals surface area (Å²) in [5.41, 5.74) is 4.03. The topological polar surface area (TPSA) is 41.2 Å². The first-order valence-electron chi connectivity index (χ1n) is 8.06. The third-order valence-corrected chi connectivity index (χ3v) is 4.73. The summed E-state index contributed by atoms with van der Waals surface area (Å²) in [6.07, 6.45) is 6.36. The summed E-state index contributed by atoms with van der Waals surface area (Å²) in [6, 6.07) is 4.16. The smallest absolute Gasteiger partial charge is 0.137 e. The number of ether oxygens (including phenoxy) is 1. The van der Waals surface area contributed by atoms with Crippen LogP contribution < -0.4 is 0 Å². The molecule has 4 heterocycles. The van der Waals surface area contributed by atoms with E-state index in [-0.39, 0.29) is 0 Å². The van der Waals surface area contributed by atoms with E-state index in [1.54, 1.807) is 0 Å². The van der Waals surface area contributed by atoms with Gasteiger partial charge in [0, 0.05) is 48.4 Å². The van der Waals surface area contributed by atoms with Crippen molar-refractivity contribution in [3.05, 3.63) is 36.2 Å². The number of fused-ring (bicyclic) bond motifs is 1. The predicted molar refractivity (Wildman–Crippen MR) is 88.6 cm³/mol. The zero-order chi connectivity index (χ0) is 15.2. The Labute approximate surface area is 131 Å². The van der Waals surface area contributed by atoms with Crippen molar-refractivity contribution in [2.24, 2.45) is 11.3 Å². The van der Waals surface area contributed by atoms with E-state index in [0.717, 1.165) is 38.5 Å². The van der Waals surface area contributed by atoms with Crippen molar-refractivity contribution in [1.82, 2.24) is 14.9 Å². The molecule has 1 saturated heterocycles. The van der Waals surface area contributed by atoms with Gasteiger partial charge in [-0.05, 0) is 23.6 Å². The van der Waals surface area contributed by atoms with Gasteiger partial charge in [0.15, 0.2) is 0 Å². The van der Waals surface area contributed by atoms with E-state index in [9.17, 15) is 0 Å². The molecule has 0 aliphatic carbocycles. The molecule has 2 aliphatic rings. The molecule has 0 bridgehead atoms. The van der Waals surface area contributed by atoms with Crippen LogP contribution in [0.15, 0.2) is 30.6 Å². The van der Waals surface area contributed by atoms with Gasteiger partial charge < -0.3 is 9.72 Å². The molecule has 4 heteroatoms. The van der Waals surface area contributed by atoms with Gasteiger partial charge in [-0.15, -0.1) is 0 Å². The molecule has 0 amide bonds. The van der Waals surface area contributed by atoms with Gasteiger partial charge in [-0.2, -0.15) is 0 Å². The molecule has 1 N–H and O–H groups in total. The van der Waals surface area contributed by atoms with Crippen LogP contribution in [0.25, 0.3) is 16.6 Å². The molecule has 4 nitrogen and oxygen atoms in total. The summed E-state index contributed by atoms with van der Waals surface area (Å²) < 4.78 is 5.41. The SMILES string of the molecule is C[C@@H]1C=C(c2c[nH]c3ncccc23)CN(CC2(C)COC2)C1. The van der Waals surface area contributed by atoms with E-state index in [1.165, 1.54) is 16.5 Å². The molecule has 2 aromatic heterocycles. The fourth-order valence-corrected chi connectivity index (χ4v) is 3.76. The van der Waals surface area contributed by atoms with Gasteiger partial charge in [-0.1, -0.05) is 19.9 Å². The molecule has 0 saturated carbocycles. The van der Waals surface area contributed by atoms with E-state index >= 15 is 0 Å². The summed E-state index contributed by atoms with van der Waals surface area (Å²) in [4.78, 5) is 10.3. The Morgan fingerprint density at radius 3 is 3.09 bits per heavy atom. The van der Waals surface area contributed by atoms with Crippen molar-refractivity contribution in [1.29, 1.82) is 0 Å². The molecule has 116 valence electrons. The summed E-state index contributed by atoms with van der Waals surface area (Å²) in [5.74, 6) is 0.579. The number of pyridine rings is 1. The zero-order valence-corrected chi connectivity index (χ0v) is 13.3. The highest BCUT2D eigenvalue weighted by atomic mass is 16.5. The number of nitrogens with zero attached hydrogens (tertiary/aromatic N) is 2. The van der Waals surface area contributed by atoms with Crippen LogP contribution in [-0.4, -0.2) is 47.7 Å². The normalized spacial score (nSPS) is 25.0. The van der Waals surface area contributed by atoms with Gasteiger partial charge in [0.05, 0.1) is 13.2 Å². The first-order chi connectivity index (χ1) is 10.6. The lowest BCUT2D eigenvalue weighted by molar-refractivity contribution is -0.114.